The summed E-state index contributed by atoms with van der Waals surface area (Å²) < 4.78 is 6.31. The molecular formula is C29H43N3O4. The Morgan fingerprint density at radius 1 is 1.08 bits per heavy atom. The lowest BCUT2D eigenvalue weighted by Gasteiger charge is -2.47. The van der Waals surface area contributed by atoms with Gasteiger partial charge in [0.05, 0.1) is 17.2 Å². The molecule has 5 rings (SSSR count). The summed E-state index contributed by atoms with van der Waals surface area (Å²) in [5.41, 5.74) is 3.06. The fourth-order valence-electron chi connectivity index (χ4n) is 7.40. The molecule has 3 aliphatic heterocycles. The number of amides is 2. The molecule has 1 aromatic rings. The van der Waals surface area contributed by atoms with Crippen molar-refractivity contribution in [1.82, 2.24) is 15.5 Å². The summed E-state index contributed by atoms with van der Waals surface area (Å²) >= 11 is 0. The minimum Gasteiger partial charge on any atom is -0.374 e. The molecule has 2 unspecified atom stereocenters. The first-order chi connectivity index (χ1) is 17.0. The van der Waals surface area contributed by atoms with Crippen molar-refractivity contribution in [1.29, 1.82) is 0 Å². The lowest BCUT2D eigenvalue weighted by molar-refractivity contribution is -0.165. The summed E-state index contributed by atoms with van der Waals surface area (Å²) in [6, 6.07) is 6.93. The average molecular weight is 498 g/mol. The third-order valence-corrected chi connectivity index (χ3v) is 8.65. The van der Waals surface area contributed by atoms with Crippen molar-refractivity contribution in [2.45, 2.75) is 128 Å². The van der Waals surface area contributed by atoms with E-state index in [-0.39, 0.29) is 23.0 Å². The van der Waals surface area contributed by atoms with E-state index in [1.54, 1.807) is 0 Å². The van der Waals surface area contributed by atoms with Gasteiger partial charge in [-0.3, -0.25) is 19.8 Å². The van der Waals surface area contributed by atoms with Gasteiger partial charge in [-0.1, -0.05) is 31.0 Å². The summed E-state index contributed by atoms with van der Waals surface area (Å²) in [6.45, 7) is 9.36. The summed E-state index contributed by atoms with van der Waals surface area (Å²) in [4.78, 5) is 25.8. The Bertz CT molecular complexity index is 990. The molecule has 1 aliphatic carbocycles. The van der Waals surface area contributed by atoms with Crippen LogP contribution in [0.1, 0.15) is 102 Å². The topological polar surface area (TPSA) is 90.9 Å². The number of aliphatic hydroxyl groups excluding tert-OH is 1. The SMILES string of the molecule is CC1(C)CC(N[C@H]2CCCC[C@@H]2Cc2ccc3c(c2)CN(C2CCC(=O)NC2=O)C3O)CC(C)(C)O1. The first-order valence-corrected chi connectivity index (χ1v) is 13.9. The van der Waals surface area contributed by atoms with Gasteiger partial charge in [-0.25, -0.2) is 0 Å². The van der Waals surface area contributed by atoms with Crippen LogP contribution in [0.15, 0.2) is 18.2 Å². The van der Waals surface area contributed by atoms with Crippen LogP contribution in [0.3, 0.4) is 0 Å². The Hall–Kier alpha value is -1.80. The Morgan fingerprint density at radius 2 is 1.81 bits per heavy atom. The van der Waals surface area contributed by atoms with E-state index in [1.807, 2.05) is 11.0 Å². The number of carbonyl (C=O) groups is 2. The standard InChI is InChI=1S/C29H43N3O4/c1-28(2)15-21(16-29(3,4)36-28)30-23-8-6-5-7-19(23)13-18-9-10-22-20(14-18)17-32(27(22)35)24-11-12-25(33)31-26(24)34/h9-10,14,19,21,23-24,27,30,35H,5-8,11-13,15-17H2,1-4H3,(H,31,33,34)/t19-,23+,24?,27?/m1/s1. The van der Waals surface area contributed by atoms with Gasteiger partial charge in [0.1, 0.15) is 6.23 Å². The predicted molar refractivity (Wildman–Crippen MR) is 138 cm³/mol. The van der Waals surface area contributed by atoms with Crippen molar-refractivity contribution in [2.24, 2.45) is 5.92 Å². The predicted octanol–water partition coefficient (Wildman–Crippen LogP) is 3.73. The molecule has 0 radical (unpaired) electrons. The Morgan fingerprint density at radius 3 is 2.53 bits per heavy atom. The van der Waals surface area contributed by atoms with E-state index in [2.05, 4.69) is 50.5 Å². The number of fused-ring (bicyclic) bond motifs is 1. The van der Waals surface area contributed by atoms with E-state index in [4.69, 9.17) is 4.74 Å². The van der Waals surface area contributed by atoms with Crippen LogP contribution < -0.4 is 10.6 Å². The van der Waals surface area contributed by atoms with Gasteiger partial charge in [0.15, 0.2) is 0 Å². The molecule has 3 fully saturated rings. The number of hydrogen-bond acceptors (Lipinski definition) is 6. The number of benzene rings is 1. The van der Waals surface area contributed by atoms with E-state index in [1.165, 1.54) is 31.2 Å². The summed E-state index contributed by atoms with van der Waals surface area (Å²) in [5, 5.41) is 17.4. The Labute approximate surface area is 215 Å². The number of nitrogens with zero attached hydrogens (tertiary/aromatic N) is 1. The molecule has 198 valence electrons. The quantitative estimate of drug-likeness (QED) is 0.537. The molecule has 0 spiro atoms. The van der Waals surface area contributed by atoms with Crippen LogP contribution >= 0.6 is 0 Å². The maximum atomic E-state index is 12.4. The maximum absolute atomic E-state index is 12.4. The van der Waals surface area contributed by atoms with Gasteiger partial charge in [0.25, 0.3) is 0 Å². The molecule has 1 aromatic carbocycles. The zero-order valence-electron chi connectivity index (χ0n) is 22.3. The van der Waals surface area contributed by atoms with Gasteiger partial charge < -0.3 is 15.2 Å². The first-order valence-electron chi connectivity index (χ1n) is 13.9. The van der Waals surface area contributed by atoms with Crippen molar-refractivity contribution < 1.29 is 19.4 Å². The van der Waals surface area contributed by atoms with Crippen molar-refractivity contribution >= 4 is 11.8 Å². The van der Waals surface area contributed by atoms with Crippen LogP contribution in [-0.2, 0) is 27.3 Å². The molecule has 7 nitrogen and oxygen atoms in total. The van der Waals surface area contributed by atoms with Gasteiger partial charge in [0, 0.05) is 25.0 Å². The van der Waals surface area contributed by atoms with Crippen LogP contribution in [0.2, 0.25) is 0 Å². The van der Waals surface area contributed by atoms with Crippen molar-refractivity contribution in [3.05, 3.63) is 34.9 Å². The number of ether oxygens (including phenoxy) is 1. The van der Waals surface area contributed by atoms with Crippen LogP contribution in [-0.4, -0.2) is 51.1 Å². The second-order valence-electron chi connectivity index (χ2n) is 12.8. The lowest BCUT2D eigenvalue weighted by atomic mass is 9.78. The minimum atomic E-state index is -0.803. The molecule has 4 aliphatic rings. The largest absolute Gasteiger partial charge is 0.374 e. The second kappa shape index (κ2) is 9.82. The van der Waals surface area contributed by atoms with Crippen LogP contribution in [0.5, 0.6) is 0 Å². The summed E-state index contributed by atoms with van der Waals surface area (Å²) in [7, 11) is 0. The normalized spacial score (nSPS) is 32.8. The molecule has 1 saturated carbocycles. The van der Waals surface area contributed by atoms with Gasteiger partial charge in [-0.15, -0.1) is 0 Å². The smallest absolute Gasteiger partial charge is 0.244 e. The number of nitrogens with one attached hydrogen (secondary N) is 2. The van der Waals surface area contributed by atoms with E-state index >= 15 is 0 Å². The van der Waals surface area contributed by atoms with Crippen LogP contribution in [0, 0.1) is 5.92 Å². The van der Waals surface area contributed by atoms with Gasteiger partial charge in [-0.05, 0) is 88.8 Å². The maximum Gasteiger partial charge on any atom is 0.244 e. The number of aliphatic hydroxyl groups is 1. The van der Waals surface area contributed by atoms with Gasteiger partial charge >= 0.3 is 0 Å². The van der Waals surface area contributed by atoms with Crippen molar-refractivity contribution in [3.8, 4) is 0 Å². The zero-order valence-corrected chi connectivity index (χ0v) is 22.3. The Balaban J connectivity index is 1.26. The molecule has 2 saturated heterocycles. The molecule has 2 amide bonds. The molecule has 0 aromatic heterocycles. The van der Waals surface area contributed by atoms with E-state index in [0.29, 0.717) is 37.4 Å². The second-order valence-corrected chi connectivity index (χ2v) is 12.8. The number of hydrogen-bond donors (Lipinski definition) is 3. The molecule has 0 bridgehead atoms. The third kappa shape index (κ3) is 5.54. The highest BCUT2D eigenvalue weighted by Crippen LogP contribution is 2.38. The Kier molecular flexibility index (Phi) is 7.05. The molecule has 3 N–H and O–H groups in total. The highest BCUT2D eigenvalue weighted by molar-refractivity contribution is 6.00. The van der Waals surface area contributed by atoms with E-state index in [0.717, 1.165) is 30.4 Å². The fourth-order valence-corrected chi connectivity index (χ4v) is 7.40. The van der Waals surface area contributed by atoms with Crippen molar-refractivity contribution in [2.75, 3.05) is 0 Å². The van der Waals surface area contributed by atoms with Crippen LogP contribution in [0.25, 0.3) is 0 Å². The highest BCUT2D eigenvalue weighted by atomic mass is 16.5. The average Bonchev–Trinajstić information content (AvgIpc) is 3.08. The fraction of sp³-hybridized carbons (Fsp3) is 0.724. The number of rotatable bonds is 5. The van der Waals surface area contributed by atoms with Crippen molar-refractivity contribution in [3.63, 3.8) is 0 Å². The number of imide groups is 1. The van der Waals surface area contributed by atoms with Crippen LogP contribution in [0.4, 0.5) is 0 Å². The van der Waals surface area contributed by atoms with E-state index in [9.17, 15) is 14.7 Å². The molecule has 36 heavy (non-hydrogen) atoms. The number of piperidine rings is 1. The molecular weight excluding hydrogens is 454 g/mol. The minimum absolute atomic E-state index is 0.112. The first kappa shape index (κ1) is 25.8. The number of carbonyl (C=O) groups excluding carboxylic acids is 2. The monoisotopic (exact) mass is 497 g/mol. The third-order valence-electron chi connectivity index (χ3n) is 8.65. The highest BCUT2D eigenvalue weighted by Gasteiger charge is 2.42. The molecule has 7 heteroatoms. The molecule has 4 atom stereocenters. The van der Waals surface area contributed by atoms with Gasteiger partial charge in [0.2, 0.25) is 11.8 Å². The van der Waals surface area contributed by atoms with Gasteiger partial charge in [-0.2, -0.15) is 0 Å². The zero-order chi connectivity index (χ0) is 25.7. The van der Waals surface area contributed by atoms with E-state index < -0.39 is 12.3 Å². The lowest BCUT2D eigenvalue weighted by Crippen LogP contribution is -2.55. The molecule has 3 heterocycles. The summed E-state index contributed by atoms with van der Waals surface area (Å²) in [6.07, 6.45) is 8.07. The summed E-state index contributed by atoms with van der Waals surface area (Å²) in [5.74, 6) is 0.0608.